The summed E-state index contributed by atoms with van der Waals surface area (Å²) in [6.07, 6.45) is 1.27. The topological polar surface area (TPSA) is 124 Å². The first-order chi connectivity index (χ1) is 17.7. The standard InChI is InChI=1S/C26H29FN4O6/c1-3-29(26(36)37-15-16-7-5-4-6-8-16)12-17-9-10-30(13-17)22-20(27)11-18-21(24(22)33)31(28-2)14-19(23(18)32)25(34)35/h4-8,11,14,17,28,33H,3,9-10,12-13,15H2,1-2H3,(H,34,35). The van der Waals surface area contributed by atoms with Gasteiger partial charge in [-0.1, -0.05) is 30.3 Å². The Morgan fingerprint density at radius 1 is 1.27 bits per heavy atom. The van der Waals surface area contributed by atoms with Crippen LogP contribution in [0.5, 0.6) is 5.75 Å². The van der Waals surface area contributed by atoms with Crippen molar-refractivity contribution < 1.29 is 28.9 Å². The van der Waals surface area contributed by atoms with Crippen LogP contribution in [0.3, 0.4) is 0 Å². The number of carbonyl (C=O) groups excluding carboxylic acids is 1. The Balaban J connectivity index is 1.53. The van der Waals surface area contributed by atoms with Crippen molar-refractivity contribution in [2.75, 3.05) is 43.6 Å². The summed E-state index contributed by atoms with van der Waals surface area (Å²) < 4.78 is 21.9. The molecule has 0 bridgehead atoms. The Bertz CT molecular complexity index is 1380. The van der Waals surface area contributed by atoms with Crippen LogP contribution >= 0.6 is 0 Å². The van der Waals surface area contributed by atoms with E-state index in [0.717, 1.165) is 17.8 Å². The molecule has 0 saturated carbocycles. The fourth-order valence-electron chi connectivity index (χ4n) is 4.70. The number of phenols is 1. The number of aromatic carboxylic acids is 1. The van der Waals surface area contributed by atoms with Gasteiger partial charge < -0.3 is 30.2 Å². The van der Waals surface area contributed by atoms with Gasteiger partial charge in [-0.05, 0) is 30.9 Å². The minimum atomic E-state index is -1.45. The zero-order chi connectivity index (χ0) is 26.7. The fraction of sp³-hybridized carbons (Fsp3) is 0.346. The van der Waals surface area contributed by atoms with Gasteiger partial charge in [-0.3, -0.25) is 9.47 Å². The van der Waals surface area contributed by atoms with E-state index in [9.17, 15) is 24.6 Å². The highest BCUT2D eigenvalue weighted by atomic mass is 19.1. The van der Waals surface area contributed by atoms with Crippen LogP contribution in [0.15, 0.2) is 47.4 Å². The number of rotatable bonds is 8. The molecule has 0 spiro atoms. The quantitative estimate of drug-likeness (QED) is 0.420. The summed E-state index contributed by atoms with van der Waals surface area (Å²) in [4.78, 5) is 40.0. The zero-order valence-electron chi connectivity index (χ0n) is 20.6. The number of amides is 1. The molecule has 1 aliphatic heterocycles. The first kappa shape index (κ1) is 25.8. The minimum Gasteiger partial charge on any atom is -0.504 e. The highest BCUT2D eigenvalue weighted by molar-refractivity contribution is 5.96. The number of benzene rings is 2. The summed E-state index contributed by atoms with van der Waals surface area (Å²) >= 11 is 0. The van der Waals surface area contributed by atoms with Crippen molar-refractivity contribution in [3.05, 3.63) is 69.8 Å². The van der Waals surface area contributed by atoms with Crippen molar-refractivity contribution in [1.82, 2.24) is 9.58 Å². The number of hydrogen-bond donors (Lipinski definition) is 3. The van der Waals surface area contributed by atoms with Crippen molar-refractivity contribution in [1.29, 1.82) is 0 Å². The number of hydrogen-bond acceptors (Lipinski definition) is 7. The van der Waals surface area contributed by atoms with Crippen LogP contribution in [0, 0.1) is 11.7 Å². The molecule has 1 atom stereocenters. The monoisotopic (exact) mass is 512 g/mol. The maximum absolute atomic E-state index is 15.2. The van der Waals surface area contributed by atoms with Crippen molar-refractivity contribution in [3.8, 4) is 5.75 Å². The third kappa shape index (κ3) is 5.16. The van der Waals surface area contributed by atoms with Crippen molar-refractivity contribution in [3.63, 3.8) is 0 Å². The van der Waals surface area contributed by atoms with Crippen LogP contribution in [-0.2, 0) is 11.3 Å². The summed E-state index contributed by atoms with van der Waals surface area (Å²) in [7, 11) is 1.49. The Morgan fingerprint density at radius 3 is 2.65 bits per heavy atom. The molecule has 1 saturated heterocycles. The molecule has 0 aliphatic carbocycles. The molecule has 1 aromatic heterocycles. The SMILES string of the molecule is CCN(CC1CCN(c2c(F)cc3c(=O)c(C(=O)O)cn(NC)c3c2O)C1)C(=O)OCc1ccccc1. The third-order valence-electron chi connectivity index (χ3n) is 6.59. The average molecular weight is 513 g/mol. The van der Waals surface area contributed by atoms with E-state index in [4.69, 9.17) is 4.74 Å². The van der Waals surface area contributed by atoms with Gasteiger partial charge in [-0.25, -0.2) is 14.0 Å². The molecule has 1 aliphatic rings. The number of halogens is 1. The first-order valence-corrected chi connectivity index (χ1v) is 12.0. The molecule has 196 valence electrons. The Labute approximate surface area is 212 Å². The predicted octanol–water partition coefficient (Wildman–Crippen LogP) is 3.20. The second-order valence-corrected chi connectivity index (χ2v) is 8.90. The summed E-state index contributed by atoms with van der Waals surface area (Å²) in [5.74, 6) is -2.75. The van der Waals surface area contributed by atoms with Gasteiger partial charge in [0.25, 0.3) is 0 Å². The van der Waals surface area contributed by atoms with Crippen molar-refractivity contribution in [2.45, 2.75) is 20.0 Å². The molecule has 2 aromatic carbocycles. The van der Waals surface area contributed by atoms with Crippen LogP contribution in [-0.4, -0.2) is 65.1 Å². The molecule has 1 fully saturated rings. The second-order valence-electron chi connectivity index (χ2n) is 8.90. The maximum Gasteiger partial charge on any atom is 0.410 e. The van der Waals surface area contributed by atoms with Crippen LogP contribution in [0.25, 0.3) is 10.9 Å². The van der Waals surface area contributed by atoms with E-state index in [1.54, 1.807) is 9.80 Å². The van der Waals surface area contributed by atoms with E-state index in [1.807, 2.05) is 37.3 Å². The molecular weight excluding hydrogens is 483 g/mol. The van der Waals surface area contributed by atoms with E-state index in [2.05, 4.69) is 5.43 Å². The van der Waals surface area contributed by atoms with Gasteiger partial charge in [-0.15, -0.1) is 0 Å². The van der Waals surface area contributed by atoms with Gasteiger partial charge in [-0.2, -0.15) is 0 Å². The molecule has 37 heavy (non-hydrogen) atoms. The molecule has 1 unspecified atom stereocenters. The Morgan fingerprint density at radius 2 is 2.00 bits per heavy atom. The van der Waals surface area contributed by atoms with Gasteiger partial charge in [0, 0.05) is 39.4 Å². The van der Waals surface area contributed by atoms with E-state index < -0.39 is 34.6 Å². The number of carbonyl (C=O) groups is 2. The van der Waals surface area contributed by atoms with E-state index in [0.29, 0.717) is 32.6 Å². The summed E-state index contributed by atoms with van der Waals surface area (Å²) in [5.41, 5.74) is 2.07. The Hall–Kier alpha value is -4.28. The van der Waals surface area contributed by atoms with E-state index in [1.165, 1.54) is 11.7 Å². The fourth-order valence-corrected chi connectivity index (χ4v) is 4.70. The van der Waals surface area contributed by atoms with Crippen molar-refractivity contribution in [2.24, 2.45) is 5.92 Å². The number of aromatic nitrogens is 1. The lowest BCUT2D eigenvalue weighted by molar-refractivity contribution is 0.0694. The molecular formula is C26H29FN4O6. The summed E-state index contributed by atoms with van der Waals surface area (Å²) in [5, 5.41) is 20.1. The lowest BCUT2D eigenvalue weighted by Gasteiger charge is -2.25. The molecule has 0 radical (unpaired) electrons. The van der Waals surface area contributed by atoms with E-state index >= 15 is 4.39 Å². The third-order valence-corrected chi connectivity index (χ3v) is 6.59. The lowest BCUT2D eigenvalue weighted by Crippen LogP contribution is -2.36. The average Bonchev–Trinajstić information content (AvgIpc) is 3.34. The largest absolute Gasteiger partial charge is 0.504 e. The summed E-state index contributed by atoms with van der Waals surface area (Å²) in [6, 6.07) is 10.3. The molecule has 1 amide bonds. The number of ether oxygens (including phenoxy) is 1. The zero-order valence-corrected chi connectivity index (χ0v) is 20.6. The highest BCUT2D eigenvalue weighted by Crippen LogP contribution is 2.39. The van der Waals surface area contributed by atoms with Crippen molar-refractivity contribution >= 4 is 28.7 Å². The van der Waals surface area contributed by atoms with Gasteiger partial charge >= 0.3 is 12.1 Å². The van der Waals surface area contributed by atoms with E-state index in [-0.39, 0.29) is 29.1 Å². The molecule has 10 nitrogen and oxygen atoms in total. The molecule has 11 heteroatoms. The number of fused-ring (bicyclic) bond motifs is 1. The number of phenolic OH excluding ortho intramolecular Hbond substituents is 1. The second kappa shape index (κ2) is 10.8. The number of carboxylic acid groups (broad SMARTS) is 1. The number of nitrogens with one attached hydrogen (secondary N) is 1. The summed E-state index contributed by atoms with van der Waals surface area (Å²) in [6.45, 7) is 3.66. The number of anilines is 1. The predicted molar refractivity (Wildman–Crippen MR) is 136 cm³/mol. The number of pyridine rings is 1. The molecule has 4 rings (SSSR count). The number of carboxylic acids is 1. The molecule has 3 N–H and O–H groups in total. The Kier molecular flexibility index (Phi) is 7.51. The van der Waals surface area contributed by atoms with Crippen LogP contribution < -0.4 is 15.8 Å². The minimum absolute atomic E-state index is 0.000369. The molecule has 2 heterocycles. The first-order valence-electron chi connectivity index (χ1n) is 12.0. The van der Waals surface area contributed by atoms with Crippen LogP contribution in [0.1, 0.15) is 29.3 Å². The smallest absolute Gasteiger partial charge is 0.410 e. The van der Waals surface area contributed by atoms with Gasteiger partial charge in [0.05, 0.1) is 5.39 Å². The lowest BCUT2D eigenvalue weighted by atomic mass is 10.1. The van der Waals surface area contributed by atoms with Gasteiger partial charge in [0.2, 0.25) is 5.43 Å². The molecule has 3 aromatic rings. The number of aromatic hydroxyl groups is 1. The normalized spacial score (nSPS) is 15.1. The van der Waals surface area contributed by atoms with Gasteiger partial charge in [0.15, 0.2) is 11.6 Å². The van der Waals surface area contributed by atoms with Crippen LogP contribution in [0.4, 0.5) is 14.9 Å². The highest BCUT2D eigenvalue weighted by Gasteiger charge is 2.31. The van der Waals surface area contributed by atoms with Gasteiger partial charge in [0.1, 0.15) is 23.4 Å². The number of nitrogens with zero attached hydrogens (tertiary/aromatic N) is 3. The maximum atomic E-state index is 15.2. The van der Waals surface area contributed by atoms with Crippen LogP contribution in [0.2, 0.25) is 0 Å².